The molecular formula is C28H48N2O15. The van der Waals surface area contributed by atoms with Crippen LogP contribution in [-0.2, 0) is 38.1 Å². The van der Waals surface area contributed by atoms with Crippen molar-refractivity contribution in [2.75, 3.05) is 33.0 Å². The molecule has 3 fully saturated rings. The highest BCUT2D eigenvalue weighted by atomic mass is 16.8. The van der Waals surface area contributed by atoms with Gasteiger partial charge in [0.25, 0.3) is 0 Å². The van der Waals surface area contributed by atoms with E-state index in [1.807, 2.05) is 0 Å². The Labute approximate surface area is 260 Å². The molecule has 0 aromatic heterocycles. The van der Waals surface area contributed by atoms with Crippen LogP contribution in [0.15, 0.2) is 0 Å². The van der Waals surface area contributed by atoms with Crippen molar-refractivity contribution in [3.63, 3.8) is 0 Å². The Kier molecular flexibility index (Phi) is 15.4. The summed E-state index contributed by atoms with van der Waals surface area (Å²) >= 11 is 0. The van der Waals surface area contributed by atoms with Gasteiger partial charge in [-0.2, -0.15) is 0 Å². The van der Waals surface area contributed by atoms with Crippen LogP contribution in [-0.4, -0.2) is 154 Å². The average Bonchev–Trinajstić information content (AvgIpc) is 3.74. The Bertz CT molecular complexity index is 928. The minimum Gasteiger partial charge on any atom is -0.394 e. The van der Waals surface area contributed by atoms with Crippen LogP contribution in [0.2, 0.25) is 0 Å². The Morgan fingerprint density at radius 3 is 2.07 bits per heavy atom. The van der Waals surface area contributed by atoms with E-state index in [0.29, 0.717) is 57.8 Å². The number of nitrogens with one attached hydrogen (secondary N) is 2. The molecule has 3 heterocycles. The monoisotopic (exact) mass is 652 g/mol. The summed E-state index contributed by atoms with van der Waals surface area (Å²) in [4.78, 5) is 35.7. The normalized spacial score (nSPS) is 34.9. The van der Waals surface area contributed by atoms with Gasteiger partial charge < -0.3 is 74.9 Å². The summed E-state index contributed by atoms with van der Waals surface area (Å²) in [5, 5.41) is 73.5. The molecule has 0 aromatic rings. The van der Waals surface area contributed by atoms with Crippen LogP contribution in [0.4, 0.5) is 0 Å². The van der Waals surface area contributed by atoms with E-state index in [1.165, 1.54) is 0 Å². The summed E-state index contributed by atoms with van der Waals surface area (Å²) in [6.07, 6.45) is -6.23. The van der Waals surface area contributed by atoms with E-state index in [-0.39, 0.29) is 37.9 Å². The third kappa shape index (κ3) is 10.8. The van der Waals surface area contributed by atoms with Crippen LogP contribution in [0.5, 0.6) is 0 Å². The number of hydrogen-bond donors (Lipinski definition) is 9. The highest BCUT2D eigenvalue weighted by molar-refractivity contribution is 5.79. The molecule has 0 aromatic carbocycles. The van der Waals surface area contributed by atoms with E-state index >= 15 is 0 Å². The molecule has 9 N–H and O–H groups in total. The Balaban J connectivity index is 1.16. The number of aldehydes is 1. The zero-order valence-electron chi connectivity index (χ0n) is 25.1. The molecule has 45 heavy (non-hydrogen) atoms. The summed E-state index contributed by atoms with van der Waals surface area (Å²) in [6.45, 7) is -0.315. The maximum atomic E-state index is 12.2. The first kappa shape index (κ1) is 37.6. The summed E-state index contributed by atoms with van der Waals surface area (Å²) in [6, 6.07) is -0.643. The third-order valence-electron chi connectivity index (χ3n) is 7.96. The topological polar surface area (TPSA) is 266 Å². The first-order valence-corrected chi connectivity index (χ1v) is 15.4. The molecule has 3 rings (SSSR count). The lowest BCUT2D eigenvalue weighted by Crippen LogP contribution is -2.59. The molecule has 0 radical (unpaired) electrons. The zero-order chi connectivity index (χ0) is 33.0. The SMILES string of the molecule is O=C[C@@H](CCCCNC(=O)CCCCOC1OC(CO)C(O)C(O)C1O)NC(=O)CCCCOC1OC(CO)C(O)C2(O)OC12. The molecule has 0 aliphatic carbocycles. The van der Waals surface area contributed by atoms with E-state index in [1.54, 1.807) is 0 Å². The lowest BCUT2D eigenvalue weighted by atomic mass is 9.99. The predicted octanol–water partition coefficient (Wildman–Crippen LogP) is -3.70. The second-order valence-electron chi connectivity index (χ2n) is 11.5. The number of amides is 2. The van der Waals surface area contributed by atoms with Crippen molar-refractivity contribution in [3.05, 3.63) is 0 Å². The van der Waals surface area contributed by atoms with Gasteiger partial charge in [0.05, 0.1) is 19.3 Å². The lowest BCUT2D eigenvalue weighted by Gasteiger charge is -2.39. The van der Waals surface area contributed by atoms with E-state index in [0.717, 1.165) is 0 Å². The van der Waals surface area contributed by atoms with Gasteiger partial charge in [0.2, 0.25) is 17.6 Å². The Morgan fingerprint density at radius 2 is 1.42 bits per heavy atom. The molecule has 260 valence electrons. The van der Waals surface area contributed by atoms with Gasteiger partial charge in [-0.1, -0.05) is 0 Å². The first-order chi connectivity index (χ1) is 21.5. The van der Waals surface area contributed by atoms with Gasteiger partial charge >= 0.3 is 0 Å². The van der Waals surface area contributed by atoms with Crippen molar-refractivity contribution in [3.8, 4) is 0 Å². The molecule has 11 atom stereocenters. The Morgan fingerprint density at radius 1 is 0.800 bits per heavy atom. The molecule has 10 unspecified atom stereocenters. The summed E-state index contributed by atoms with van der Waals surface area (Å²) in [5.41, 5.74) is 0. The van der Waals surface area contributed by atoms with E-state index in [2.05, 4.69) is 10.6 Å². The molecular weight excluding hydrogens is 604 g/mol. The van der Waals surface area contributed by atoms with Gasteiger partial charge in [-0.15, -0.1) is 0 Å². The Hall–Kier alpha value is -1.87. The highest BCUT2D eigenvalue weighted by Crippen LogP contribution is 2.46. The summed E-state index contributed by atoms with van der Waals surface area (Å²) < 4.78 is 26.7. The first-order valence-electron chi connectivity index (χ1n) is 15.4. The molecule has 0 saturated carbocycles. The van der Waals surface area contributed by atoms with E-state index < -0.39 is 80.4 Å². The smallest absolute Gasteiger partial charge is 0.227 e. The third-order valence-corrected chi connectivity index (χ3v) is 7.96. The van der Waals surface area contributed by atoms with Crippen LogP contribution in [0.3, 0.4) is 0 Å². The van der Waals surface area contributed by atoms with E-state index in [4.69, 9.17) is 23.7 Å². The van der Waals surface area contributed by atoms with Crippen molar-refractivity contribution < 1.29 is 73.8 Å². The number of ether oxygens (including phenoxy) is 5. The van der Waals surface area contributed by atoms with Crippen LogP contribution >= 0.6 is 0 Å². The number of carbonyl (C=O) groups is 3. The molecule has 3 saturated heterocycles. The van der Waals surface area contributed by atoms with Crippen molar-refractivity contribution in [2.45, 2.75) is 125 Å². The summed E-state index contributed by atoms with van der Waals surface area (Å²) in [7, 11) is 0. The van der Waals surface area contributed by atoms with Crippen LogP contribution < -0.4 is 10.6 Å². The van der Waals surface area contributed by atoms with Crippen molar-refractivity contribution in [1.29, 1.82) is 0 Å². The van der Waals surface area contributed by atoms with Crippen molar-refractivity contribution in [1.82, 2.24) is 10.6 Å². The molecule has 3 aliphatic heterocycles. The van der Waals surface area contributed by atoms with Crippen LogP contribution in [0.25, 0.3) is 0 Å². The predicted molar refractivity (Wildman–Crippen MR) is 150 cm³/mol. The average molecular weight is 653 g/mol. The quantitative estimate of drug-likeness (QED) is 0.0328. The number of carbonyl (C=O) groups excluding carboxylic acids is 3. The number of unbranched alkanes of at least 4 members (excludes halogenated alkanes) is 3. The second-order valence-corrected chi connectivity index (χ2v) is 11.5. The summed E-state index contributed by atoms with van der Waals surface area (Å²) in [5.74, 6) is -2.23. The maximum Gasteiger partial charge on any atom is 0.227 e. The van der Waals surface area contributed by atoms with Gasteiger partial charge in [0.15, 0.2) is 18.7 Å². The van der Waals surface area contributed by atoms with Gasteiger partial charge in [0.1, 0.15) is 42.9 Å². The van der Waals surface area contributed by atoms with Gasteiger partial charge in [-0.25, -0.2) is 0 Å². The van der Waals surface area contributed by atoms with Gasteiger partial charge in [-0.3, -0.25) is 9.59 Å². The molecule has 17 heteroatoms. The number of aliphatic hydroxyl groups excluding tert-OH is 6. The number of epoxide rings is 1. The lowest BCUT2D eigenvalue weighted by molar-refractivity contribution is -0.301. The van der Waals surface area contributed by atoms with Crippen molar-refractivity contribution >= 4 is 18.1 Å². The fourth-order valence-electron chi connectivity index (χ4n) is 5.15. The van der Waals surface area contributed by atoms with Crippen LogP contribution in [0, 0.1) is 0 Å². The minimum atomic E-state index is -1.79. The van der Waals surface area contributed by atoms with Crippen LogP contribution in [0.1, 0.15) is 57.8 Å². The van der Waals surface area contributed by atoms with E-state index in [9.17, 15) is 50.1 Å². The molecule has 0 spiro atoms. The number of aliphatic hydroxyl groups is 7. The minimum absolute atomic E-state index is 0.136. The number of fused-ring (bicyclic) bond motifs is 1. The second kappa shape index (κ2) is 18.5. The molecule has 17 nitrogen and oxygen atoms in total. The van der Waals surface area contributed by atoms with Gasteiger partial charge in [-0.05, 0) is 44.9 Å². The highest BCUT2D eigenvalue weighted by Gasteiger charge is 2.70. The molecule has 2 amide bonds. The fraction of sp³-hybridized carbons (Fsp3) is 0.893. The zero-order valence-corrected chi connectivity index (χ0v) is 25.1. The standard InChI is InChI=1S/C28H48N2O15/c31-13-16(30-20(35)9-3-6-12-42-27-25-28(40,45-25)24(39)18(15-33)44-27)7-1-4-10-29-19(34)8-2-5-11-41-26-23(38)22(37)21(36)17(14-32)43-26/h13,16-18,21-27,32-33,36-40H,1-12,14-15H2,(H,29,34)(H,30,35)/t16-,17?,18?,21?,22?,23?,24?,25?,26?,27?,28?/m1/s1. The number of rotatable bonds is 21. The van der Waals surface area contributed by atoms with Crippen molar-refractivity contribution in [2.24, 2.45) is 0 Å². The number of hydrogen-bond acceptors (Lipinski definition) is 15. The van der Waals surface area contributed by atoms with Gasteiger partial charge in [0, 0.05) is 32.6 Å². The molecule has 3 aliphatic rings. The largest absolute Gasteiger partial charge is 0.394 e. The fourth-order valence-corrected chi connectivity index (χ4v) is 5.15. The maximum absolute atomic E-state index is 12.2. The molecule has 0 bridgehead atoms.